The second-order valence-electron chi connectivity index (χ2n) is 4.83. The molecule has 120 valence electrons. The third kappa shape index (κ3) is 6.09. The fraction of sp³-hybridized carbons (Fsp3) is 0.412. The van der Waals surface area contributed by atoms with E-state index in [2.05, 4.69) is 35.2 Å². The van der Waals surface area contributed by atoms with Crippen LogP contribution in [-0.2, 0) is 25.7 Å². The van der Waals surface area contributed by atoms with Crippen molar-refractivity contribution in [3.8, 4) is 0 Å². The zero-order valence-electron chi connectivity index (χ0n) is 12.7. The van der Waals surface area contributed by atoms with E-state index in [0.717, 1.165) is 0 Å². The van der Waals surface area contributed by atoms with Crippen molar-refractivity contribution < 1.29 is 19.0 Å². The van der Waals surface area contributed by atoms with Crippen LogP contribution in [0.1, 0.15) is 5.56 Å². The van der Waals surface area contributed by atoms with Gasteiger partial charge in [0.15, 0.2) is 0 Å². The maximum atomic E-state index is 5.61. The fourth-order valence-corrected chi connectivity index (χ4v) is 2.07. The van der Waals surface area contributed by atoms with Gasteiger partial charge in [-0.2, -0.15) is 0 Å². The van der Waals surface area contributed by atoms with Gasteiger partial charge in [-0.25, -0.2) is 5.90 Å². The summed E-state index contributed by atoms with van der Waals surface area (Å²) >= 11 is 0. The molecule has 0 spiro atoms. The quantitative estimate of drug-likeness (QED) is 0.510. The molecule has 0 aliphatic heterocycles. The zero-order chi connectivity index (χ0) is 15.5. The van der Waals surface area contributed by atoms with Crippen LogP contribution in [0.3, 0.4) is 0 Å². The predicted octanol–water partition coefficient (Wildman–Crippen LogP) is 2.28. The van der Waals surface area contributed by atoms with Crippen LogP contribution < -0.4 is 5.90 Å². The van der Waals surface area contributed by atoms with E-state index >= 15 is 0 Å². The summed E-state index contributed by atoms with van der Waals surface area (Å²) in [6.45, 7) is 3.69. The van der Waals surface area contributed by atoms with Crippen molar-refractivity contribution in [3.63, 3.8) is 0 Å². The summed E-state index contributed by atoms with van der Waals surface area (Å²) in [5.74, 6) is 4.88. The van der Waals surface area contributed by atoms with Crippen LogP contribution in [0.5, 0.6) is 0 Å². The summed E-state index contributed by atoms with van der Waals surface area (Å²) in [6.07, 6.45) is 0. The number of hydrogen-bond donors (Lipinski definition) is 1. The van der Waals surface area contributed by atoms with Gasteiger partial charge in [0.25, 0.3) is 0 Å². The molecule has 0 aliphatic rings. The normalized spacial score (nSPS) is 11.1. The molecule has 0 unspecified atom stereocenters. The van der Waals surface area contributed by atoms with Crippen LogP contribution in [0.15, 0.2) is 42.5 Å². The van der Waals surface area contributed by atoms with E-state index in [-0.39, 0.29) is 0 Å². The zero-order valence-corrected chi connectivity index (χ0v) is 12.7. The first-order chi connectivity index (χ1) is 10.9. The van der Waals surface area contributed by atoms with E-state index in [0.29, 0.717) is 46.2 Å². The third-order valence-corrected chi connectivity index (χ3v) is 3.17. The van der Waals surface area contributed by atoms with Crippen molar-refractivity contribution in [1.29, 1.82) is 0 Å². The summed E-state index contributed by atoms with van der Waals surface area (Å²) in [5.41, 5.74) is 1.17. The SMILES string of the molecule is NOCCOCCOCCOCc1ccc2ccccc2c1. The predicted molar refractivity (Wildman–Crippen MR) is 85.4 cm³/mol. The van der Waals surface area contributed by atoms with Crippen LogP contribution in [0.2, 0.25) is 0 Å². The second-order valence-corrected chi connectivity index (χ2v) is 4.83. The van der Waals surface area contributed by atoms with Crippen molar-refractivity contribution in [2.75, 3.05) is 39.6 Å². The molecule has 0 amide bonds. The molecule has 0 heterocycles. The number of ether oxygens (including phenoxy) is 3. The Kier molecular flexibility index (Phi) is 7.87. The van der Waals surface area contributed by atoms with Crippen molar-refractivity contribution in [2.24, 2.45) is 5.90 Å². The summed E-state index contributed by atoms with van der Waals surface area (Å²) in [4.78, 5) is 4.38. The van der Waals surface area contributed by atoms with Crippen molar-refractivity contribution >= 4 is 10.8 Å². The molecular formula is C17H23NO4. The monoisotopic (exact) mass is 305 g/mol. The Bertz CT molecular complexity index is 547. The molecule has 0 radical (unpaired) electrons. The highest BCUT2D eigenvalue weighted by Gasteiger charge is 1.97. The van der Waals surface area contributed by atoms with Crippen LogP contribution >= 0.6 is 0 Å². The van der Waals surface area contributed by atoms with Gasteiger partial charge in [0, 0.05) is 0 Å². The first kappa shape index (κ1) is 16.9. The standard InChI is InChI=1S/C17H23NO4/c18-22-12-11-20-8-7-19-9-10-21-14-15-5-6-16-3-1-2-4-17(16)13-15/h1-6,13H,7-12,14,18H2. The average molecular weight is 305 g/mol. The molecule has 2 aromatic carbocycles. The van der Waals surface area contributed by atoms with Gasteiger partial charge in [0.1, 0.15) is 0 Å². The molecule has 2 rings (SSSR count). The lowest BCUT2D eigenvalue weighted by atomic mass is 10.1. The molecule has 22 heavy (non-hydrogen) atoms. The molecule has 0 aromatic heterocycles. The maximum Gasteiger partial charge on any atom is 0.0913 e. The van der Waals surface area contributed by atoms with Gasteiger partial charge in [-0.3, -0.25) is 0 Å². The Hall–Kier alpha value is -1.50. The minimum atomic E-state index is 0.398. The number of nitrogens with two attached hydrogens (primary N) is 1. The van der Waals surface area contributed by atoms with Crippen molar-refractivity contribution in [2.45, 2.75) is 6.61 Å². The second kappa shape index (κ2) is 10.3. The molecule has 2 aromatic rings. The molecule has 0 bridgehead atoms. The Morgan fingerprint density at radius 3 is 2.05 bits per heavy atom. The minimum Gasteiger partial charge on any atom is -0.377 e. The summed E-state index contributed by atoms with van der Waals surface area (Å²) in [5, 5.41) is 2.48. The molecule has 0 aliphatic carbocycles. The highest BCUT2D eigenvalue weighted by atomic mass is 16.6. The lowest BCUT2D eigenvalue weighted by Gasteiger charge is -2.07. The molecule has 0 atom stereocenters. The van der Waals surface area contributed by atoms with Gasteiger partial charge in [0.05, 0.1) is 46.2 Å². The molecule has 0 saturated heterocycles. The molecular weight excluding hydrogens is 282 g/mol. The van der Waals surface area contributed by atoms with E-state index in [4.69, 9.17) is 20.1 Å². The van der Waals surface area contributed by atoms with Crippen LogP contribution in [0, 0.1) is 0 Å². The molecule has 0 saturated carbocycles. The van der Waals surface area contributed by atoms with Gasteiger partial charge in [0.2, 0.25) is 0 Å². The van der Waals surface area contributed by atoms with Gasteiger partial charge in [-0.1, -0.05) is 36.4 Å². The van der Waals surface area contributed by atoms with E-state index < -0.39 is 0 Å². The van der Waals surface area contributed by atoms with E-state index in [1.807, 2.05) is 12.1 Å². The summed E-state index contributed by atoms with van der Waals surface area (Å²) < 4.78 is 16.2. The lowest BCUT2D eigenvalue weighted by molar-refractivity contribution is -0.00429. The fourth-order valence-electron chi connectivity index (χ4n) is 2.07. The average Bonchev–Trinajstić information content (AvgIpc) is 2.56. The number of fused-ring (bicyclic) bond motifs is 1. The van der Waals surface area contributed by atoms with Gasteiger partial charge in [-0.05, 0) is 22.4 Å². The molecule has 2 N–H and O–H groups in total. The number of rotatable bonds is 11. The Morgan fingerprint density at radius 1 is 0.682 bits per heavy atom. The minimum absolute atomic E-state index is 0.398. The Morgan fingerprint density at radius 2 is 1.32 bits per heavy atom. The molecule has 0 fully saturated rings. The van der Waals surface area contributed by atoms with E-state index in [1.165, 1.54) is 16.3 Å². The Balaban J connectivity index is 1.54. The van der Waals surface area contributed by atoms with Crippen molar-refractivity contribution in [3.05, 3.63) is 48.0 Å². The topological polar surface area (TPSA) is 62.9 Å². The highest BCUT2D eigenvalue weighted by molar-refractivity contribution is 5.82. The largest absolute Gasteiger partial charge is 0.377 e. The van der Waals surface area contributed by atoms with Crippen LogP contribution in [-0.4, -0.2) is 39.6 Å². The Labute approximate surface area is 130 Å². The maximum absolute atomic E-state index is 5.61. The van der Waals surface area contributed by atoms with E-state index in [9.17, 15) is 0 Å². The highest BCUT2D eigenvalue weighted by Crippen LogP contribution is 2.16. The van der Waals surface area contributed by atoms with Gasteiger partial charge < -0.3 is 19.0 Å². The van der Waals surface area contributed by atoms with Crippen LogP contribution in [0.25, 0.3) is 10.8 Å². The summed E-state index contributed by atoms with van der Waals surface area (Å²) in [7, 11) is 0. The van der Waals surface area contributed by atoms with Crippen molar-refractivity contribution in [1.82, 2.24) is 0 Å². The first-order valence-corrected chi connectivity index (χ1v) is 7.43. The van der Waals surface area contributed by atoms with Gasteiger partial charge >= 0.3 is 0 Å². The molecule has 5 heteroatoms. The number of benzene rings is 2. The van der Waals surface area contributed by atoms with E-state index in [1.54, 1.807) is 0 Å². The summed E-state index contributed by atoms with van der Waals surface area (Å²) in [6, 6.07) is 14.7. The third-order valence-electron chi connectivity index (χ3n) is 3.17. The smallest absolute Gasteiger partial charge is 0.0913 e. The lowest BCUT2D eigenvalue weighted by Crippen LogP contribution is -2.13. The number of hydrogen-bond acceptors (Lipinski definition) is 5. The molecule has 5 nitrogen and oxygen atoms in total. The van der Waals surface area contributed by atoms with Gasteiger partial charge in [-0.15, -0.1) is 0 Å². The first-order valence-electron chi connectivity index (χ1n) is 7.43. The van der Waals surface area contributed by atoms with Crippen LogP contribution in [0.4, 0.5) is 0 Å².